The summed E-state index contributed by atoms with van der Waals surface area (Å²) in [4.78, 5) is 11.3. The van der Waals surface area contributed by atoms with Gasteiger partial charge in [-0.15, -0.1) is 0 Å². The molecule has 0 saturated heterocycles. The fourth-order valence-corrected chi connectivity index (χ4v) is 1.05. The molecule has 0 heterocycles. The number of carbonyl (C=O) groups excluding carboxylic acids is 1. The summed E-state index contributed by atoms with van der Waals surface area (Å²) in [7, 11) is 0. The molecule has 0 spiro atoms. The van der Waals surface area contributed by atoms with Crippen LogP contribution < -0.4 is 5.32 Å². The molecule has 1 unspecified atom stereocenters. The normalized spacial score (nSPS) is 11.8. The third-order valence-corrected chi connectivity index (χ3v) is 2.07. The van der Waals surface area contributed by atoms with E-state index in [0.717, 1.165) is 19.4 Å². The van der Waals surface area contributed by atoms with Gasteiger partial charge in [0, 0.05) is 13.2 Å². The van der Waals surface area contributed by atoms with Crippen molar-refractivity contribution in [1.82, 2.24) is 5.32 Å². The van der Waals surface area contributed by atoms with E-state index in [0.29, 0.717) is 19.6 Å². The minimum absolute atomic E-state index is 0.195. The monoisotopic (exact) mass is 212 g/mol. The number of nitriles is 1. The van der Waals surface area contributed by atoms with Crippen molar-refractivity contribution >= 4 is 5.91 Å². The van der Waals surface area contributed by atoms with Crippen LogP contribution in [0.4, 0.5) is 0 Å². The Kier molecular flexibility index (Phi) is 8.79. The Labute approximate surface area is 91.6 Å². The zero-order valence-electron chi connectivity index (χ0n) is 9.58. The molecule has 1 N–H and O–H groups in total. The van der Waals surface area contributed by atoms with Crippen molar-refractivity contribution in [3.8, 4) is 6.07 Å². The van der Waals surface area contributed by atoms with E-state index in [-0.39, 0.29) is 5.91 Å². The van der Waals surface area contributed by atoms with Gasteiger partial charge in [-0.1, -0.05) is 20.3 Å². The highest BCUT2D eigenvalue weighted by Crippen LogP contribution is 1.99. The van der Waals surface area contributed by atoms with Crippen molar-refractivity contribution in [2.24, 2.45) is 5.92 Å². The number of rotatable bonds is 8. The summed E-state index contributed by atoms with van der Waals surface area (Å²) in [6.45, 7) is 5.67. The maximum Gasteiger partial charge on any atom is 0.237 e. The molecule has 0 fully saturated rings. The van der Waals surface area contributed by atoms with E-state index < -0.39 is 5.92 Å². The number of amides is 1. The molecule has 1 atom stereocenters. The molecule has 1 amide bonds. The van der Waals surface area contributed by atoms with Crippen LogP contribution in [0.1, 0.15) is 33.1 Å². The third-order valence-electron chi connectivity index (χ3n) is 2.07. The van der Waals surface area contributed by atoms with E-state index in [1.165, 1.54) is 0 Å². The molecule has 0 bridgehead atoms. The standard InChI is InChI=1S/C11H20N2O2/c1-3-5-7-15-8-6-13-11(14)10(4-2)9-12/h10H,3-8H2,1-2H3,(H,13,14). The van der Waals surface area contributed by atoms with Gasteiger partial charge in [-0.2, -0.15) is 5.26 Å². The lowest BCUT2D eigenvalue weighted by molar-refractivity contribution is -0.123. The molecule has 0 rings (SSSR count). The quantitative estimate of drug-likeness (QED) is 0.620. The fraction of sp³-hybridized carbons (Fsp3) is 0.818. The van der Waals surface area contributed by atoms with E-state index >= 15 is 0 Å². The second kappa shape index (κ2) is 9.47. The Morgan fingerprint density at radius 2 is 2.20 bits per heavy atom. The number of nitrogens with one attached hydrogen (secondary N) is 1. The van der Waals surface area contributed by atoms with E-state index in [1.807, 2.05) is 13.0 Å². The van der Waals surface area contributed by atoms with E-state index in [1.54, 1.807) is 0 Å². The highest BCUT2D eigenvalue weighted by atomic mass is 16.5. The Morgan fingerprint density at radius 1 is 1.47 bits per heavy atom. The highest BCUT2D eigenvalue weighted by molar-refractivity contribution is 5.80. The fourth-order valence-electron chi connectivity index (χ4n) is 1.05. The molecule has 4 nitrogen and oxygen atoms in total. The van der Waals surface area contributed by atoms with Crippen LogP contribution in [-0.4, -0.2) is 25.7 Å². The first-order chi connectivity index (χ1) is 7.26. The first-order valence-corrected chi connectivity index (χ1v) is 5.51. The van der Waals surface area contributed by atoms with E-state index in [4.69, 9.17) is 10.00 Å². The van der Waals surface area contributed by atoms with Gasteiger partial charge in [0.25, 0.3) is 0 Å². The van der Waals surface area contributed by atoms with Crippen molar-refractivity contribution in [2.75, 3.05) is 19.8 Å². The second-order valence-corrected chi connectivity index (χ2v) is 3.35. The summed E-state index contributed by atoms with van der Waals surface area (Å²) in [5, 5.41) is 11.3. The topological polar surface area (TPSA) is 62.1 Å². The van der Waals surface area contributed by atoms with Gasteiger partial charge in [0.15, 0.2) is 0 Å². The maximum atomic E-state index is 11.3. The van der Waals surface area contributed by atoms with Gasteiger partial charge in [-0.05, 0) is 12.8 Å². The lowest BCUT2D eigenvalue weighted by atomic mass is 10.1. The average Bonchev–Trinajstić information content (AvgIpc) is 2.25. The lowest BCUT2D eigenvalue weighted by Crippen LogP contribution is -2.32. The average molecular weight is 212 g/mol. The summed E-state index contributed by atoms with van der Waals surface area (Å²) >= 11 is 0. The van der Waals surface area contributed by atoms with E-state index in [2.05, 4.69) is 12.2 Å². The smallest absolute Gasteiger partial charge is 0.237 e. The van der Waals surface area contributed by atoms with Gasteiger partial charge in [0.2, 0.25) is 5.91 Å². The van der Waals surface area contributed by atoms with Gasteiger partial charge in [-0.3, -0.25) is 4.79 Å². The highest BCUT2D eigenvalue weighted by Gasteiger charge is 2.13. The largest absolute Gasteiger partial charge is 0.380 e. The number of nitrogens with zero attached hydrogens (tertiary/aromatic N) is 1. The zero-order chi connectivity index (χ0) is 11.5. The van der Waals surface area contributed by atoms with Crippen molar-refractivity contribution in [1.29, 1.82) is 5.26 Å². The molecule has 0 aromatic carbocycles. The minimum atomic E-state index is -0.527. The molecule has 0 saturated carbocycles. The van der Waals surface area contributed by atoms with Crippen LogP contribution in [0, 0.1) is 17.2 Å². The minimum Gasteiger partial charge on any atom is -0.380 e. The predicted octanol–water partition coefficient (Wildman–Crippen LogP) is 1.47. The first-order valence-electron chi connectivity index (χ1n) is 5.51. The molecule has 0 aliphatic heterocycles. The molecular formula is C11H20N2O2. The van der Waals surface area contributed by atoms with Crippen LogP contribution in [0.25, 0.3) is 0 Å². The molecule has 0 aromatic heterocycles. The van der Waals surface area contributed by atoms with Crippen LogP contribution in [0.2, 0.25) is 0 Å². The second-order valence-electron chi connectivity index (χ2n) is 3.35. The molecule has 86 valence electrons. The van der Waals surface area contributed by atoms with Crippen LogP contribution >= 0.6 is 0 Å². The van der Waals surface area contributed by atoms with Crippen LogP contribution in [0.5, 0.6) is 0 Å². The van der Waals surface area contributed by atoms with E-state index in [9.17, 15) is 4.79 Å². The molecule has 4 heteroatoms. The summed E-state index contributed by atoms with van der Waals surface area (Å²) in [5.74, 6) is -0.722. The number of unbranched alkanes of at least 4 members (excludes halogenated alkanes) is 1. The van der Waals surface area contributed by atoms with Gasteiger partial charge >= 0.3 is 0 Å². The lowest BCUT2D eigenvalue weighted by Gasteiger charge is -2.08. The molecular weight excluding hydrogens is 192 g/mol. The van der Waals surface area contributed by atoms with Crippen molar-refractivity contribution < 1.29 is 9.53 Å². The van der Waals surface area contributed by atoms with Gasteiger partial charge < -0.3 is 10.1 Å². The molecule has 0 radical (unpaired) electrons. The number of carbonyl (C=O) groups is 1. The summed E-state index contributed by atoms with van der Waals surface area (Å²) in [6, 6.07) is 1.96. The Hall–Kier alpha value is -1.08. The van der Waals surface area contributed by atoms with Crippen LogP contribution in [0.3, 0.4) is 0 Å². The molecule has 0 aliphatic carbocycles. The Morgan fingerprint density at radius 3 is 2.73 bits per heavy atom. The van der Waals surface area contributed by atoms with Crippen molar-refractivity contribution in [3.05, 3.63) is 0 Å². The zero-order valence-corrected chi connectivity index (χ0v) is 9.58. The van der Waals surface area contributed by atoms with Gasteiger partial charge in [-0.25, -0.2) is 0 Å². The Balaban J connectivity index is 3.43. The van der Waals surface area contributed by atoms with Gasteiger partial charge in [0.05, 0.1) is 12.7 Å². The third kappa shape index (κ3) is 6.92. The Bertz CT molecular complexity index is 211. The number of hydrogen-bond acceptors (Lipinski definition) is 3. The predicted molar refractivity (Wildman–Crippen MR) is 58.1 cm³/mol. The van der Waals surface area contributed by atoms with Crippen molar-refractivity contribution in [2.45, 2.75) is 33.1 Å². The summed E-state index contributed by atoms with van der Waals surface area (Å²) in [6.07, 6.45) is 2.71. The first kappa shape index (κ1) is 13.9. The SMILES string of the molecule is CCCCOCCNC(=O)C(C#N)CC. The number of hydrogen-bond donors (Lipinski definition) is 1. The molecule has 0 aliphatic rings. The van der Waals surface area contributed by atoms with Crippen LogP contribution in [0.15, 0.2) is 0 Å². The van der Waals surface area contributed by atoms with Crippen molar-refractivity contribution in [3.63, 3.8) is 0 Å². The molecule has 15 heavy (non-hydrogen) atoms. The van der Waals surface area contributed by atoms with Crippen LogP contribution in [-0.2, 0) is 9.53 Å². The summed E-state index contributed by atoms with van der Waals surface area (Å²) < 4.78 is 5.27. The van der Waals surface area contributed by atoms with Gasteiger partial charge in [0.1, 0.15) is 5.92 Å². The maximum absolute atomic E-state index is 11.3. The molecule has 0 aromatic rings. The number of ether oxygens (including phenoxy) is 1. The summed E-state index contributed by atoms with van der Waals surface area (Å²) in [5.41, 5.74) is 0.